The van der Waals surface area contributed by atoms with E-state index in [2.05, 4.69) is 5.32 Å². The molecule has 0 bridgehead atoms. The van der Waals surface area contributed by atoms with Gasteiger partial charge in [0.05, 0.1) is 24.7 Å². The van der Waals surface area contributed by atoms with E-state index in [0.29, 0.717) is 17.1 Å². The number of methoxy groups -OCH3 is 1. The monoisotopic (exact) mass is 376 g/mol. The number of carbonyl (C=O) groups is 1. The van der Waals surface area contributed by atoms with Crippen LogP contribution in [0.5, 0.6) is 5.75 Å². The van der Waals surface area contributed by atoms with Crippen LogP contribution in [0, 0.1) is 13.8 Å². The third-order valence-electron chi connectivity index (χ3n) is 4.10. The summed E-state index contributed by atoms with van der Waals surface area (Å²) >= 11 is 0. The Bertz CT molecular complexity index is 894. The van der Waals surface area contributed by atoms with Gasteiger partial charge in [-0.1, -0.05) is 18.2 Å². The van der Waals surface area contributed by atoms with Crippen LogP contribution in [-0.4, -0.2) is 34.2 Å². The van der Waals surface area contributed by atoms with Gasteiger partial charge in [-0.2, -0.15) is 0 Å². The smallest absolute Gasteiger partial charge is 0.232 e. The van der Waals surface area contributed by atoms with Gasteiger partial charge in [-0.05, 0) is 49.2 Å². The van der Waals surface area contributed by atoms with Crippen molar-refractivity contribution < 1.29 is 17.9 Å². The number of amides is 1. The van der Waals surface area contributed by atoms with E-state index in [-0.39, 0.29) is 18.9 Å². The summed E-state index contributed by atoms with van der Waals surface area (Å²) in [5.74, 6) is 0.266. The molecule has 140 valence electrons. The number of hydrogen-bond donors (Lipinski definition) is 1. The standard InChI is InChI=1S/C19H24N2O4S/c1-14-9-10-16(13-15(14)2)21(26(4,23)24)12-11-19(22)20-17-7-5-6-8-18(17)25-3/h5-10,13H,11-12H2,1-4H3,(H,20,22). The number of nitrogens with one attached hydrogen (secondary N) is 1. The van der Waals surface area contributed by atoms with E-state index in [1.807, 2.05) is 26.0 Å². The molecule has 2 rings (SSSR count). The van der Waals surface area contributed by atoms with Crippen LogP contribution in [0.25, 0.3) is 0 Å². The predicted molar refractivity (Wildman–Crippen MR) is 104 cm³/mol. The first-order chi connectivity index (χ1) is 12.2. The molecule has 0 spiro atoms. The van der Waals surface area contributed by atoms with Gasteiger partial charge in [0.15, 0.2) is 0 Å². The van der Waals surface area contributed by atoms with Crippen molar-refractivity contribution in [3.63, 3.8) is 0 Å². The molecule has 0 radical (unpaired) electrons. The zero-order valence-electron chi connectivity index (χ0n) is 15.4. The molecule has 0 heterocycles. The maximum atomic E-state index is 12.3. The van der Waals surface area contributed by atoms with Gasteiger partial charge in [0, 0.05) is 13.0 Å². The van der Waals surface area contributed by atoms with E-state index >= 15 is 0 Å². The normalized spacial score (nSPS) is 11.1. The zero-order chi connectivity index (χ0) is 19.3. The van der Waals surface area contributed by atoms with Crippen LogP contribution in [0.15, 0.2) is 42.5 Å². The first-order valence-corrected chi connectivity index (χ1v) is 10.0. The number of aryl methyl sites for hydroxylation is 2. The van der Waals surface area contributed by atoms with Crippen molar-refractivity contribution in [2.45, 2.75) is 20.3 Å². The van der Waals surface area contributed by atoms with Gasteiger partial charge in [-0.25, -0.2) is 8.42 Å². The lowest BCUT2D eigenvalue weighted by molar-refractivity contribution is -0.116. The minimum Gasteiger partial charge on any atom is -0.495 e. The molecule has 0 unspecified atom stereocenters. The molecule has 0 saturated heterocycles. The fourth-order valence-electron chi connectivity index (χ4n) is 2.53. The third kappa shape index (κ3) is 4.98. The van der Waals surface area contributed by atoms with Crippen LogP contribution in [0.2, 0.25) is 0 Å². The Hall–Kier alpha value is -2.54. The van der Waals surface area contributed by atoms with Crippen molar-refractivity contribution in [3.8, 4) is 5.75 Å². The Kier molecular flexibility index (Phi) is 6.26. The fourth-order valence-corrected chi connectivity index (χ4v) is 3.45. The van der Waals surface area contributed by atoms with Crippen LogP contribution >= 0.6 is 0 Å². The van der Waals surface area contributed by atoms with Crippen LogP contribution in [0.1, 0.15) is 17.5 Å². The minimum absolute atomic E-state index is 0.0258. The van der Waals surface area contributed by atoms with Crippen molar-refractivity contribution in [1.82, 2.24) is 0 Å². The Morgan fingerprint density at radius 1 is 1.12 bits per heavy atom. The molecular weight excluding hydrogens is 352 g/mol. The SMILES string of the molecule is COc1ccccc1NC(=O)CCN(c1ccc(C)c(C)c1)S(C)(=O)=O. The molecule has 0 aliphatic heterocycles. The average molecular weight is 376 g/mol. The first-order valence-electron chi connectivity index (χ1n) is 8.20. The van der Waals surface area contributed by atoms with Crippen molar-refractivity contribution in [2.75, 3.05) is 29.5 Å². The molecule has 0 aliphatic carbocycles. The molecule has 1 amide bonds. The topological polar surface area (TPSA) is 75.7 Å². The van der Waals surface area contributed by atoms with Crippen molar-refractivity contribution >= 4 is 27.3 Å². The quantitative estimate of drug-likeness (QED) is 0.806. The fraction of sp³-hybridized carbons (Fsp3) is 0.316. The number of rotatable bonds is 7. The van der Waals surface area contributed by atoms with Crippen LogP contribution in [-0.2, 0) is 14.8 Å². The van der Waals surface area contributed by atoms with E-state index in [1.165, 1.54) is 11.4 Å². The number of nitrogens with zero attached hydrogens (tertiary/aromatic N) is 1. The Labute approximate surface area is 154 Å². The van der Waals surface area contributed by atoms with Gasteiger partial charge in [-0.15, -0.1) is 0 Å². The first kappa shape index (κ1) is 19.8. The summed E-state index contributed by atoms with van der Waals surface area (Å²) in [5.41, 5.74) is 3.18. The molecule has 2 aromatic carbocycles. The maximum absolute atomic E-state index is 12.3. The second-order valence-electron chi connectivity index (χ2n) is 6.10. The Morgan fingerprint density at radius 3 is 2.42 bits per heavy atom. The summed E-state index contributed by atoms with van der Waals surface area (Å²) in [5, 5.41) is 2.75. The number of carbonyl (C=O) groups excluding carboxylic acids is 1. The van der Waals surface area contributed by atoms with Crippen LogP contribution in [0.4, 0.5) is 11.4 Å². The van der Waals surface area contributed by atoms with Crippen molar-refractivity contribution in [2.24, 2.45) is 0 Å². The van der Waals surface area contributed by atoms with E-state index in [0.717, 1.165) is 17.4 Å². The number of ether oxygens (including phenoxy) is 1. The molecule has 6 nitrogen and oxygen atoms in total. The van der Waals surface area contributed by atoms with E-state index in [4.69, 9.17) is 4.74 Å². The zero-order valence-corrected chi connectivity index (χ0v) is 16.3. The summed E-state index contributed by atoms with van der Waals surface area (Å²) < 4.78 is 30.8. The minimum atomic E-state index is -3.50. The van der Waals surface area contributed by atoms with Gasteiger partial charge >= 0.3 is 0 Å². The van der Waals surface area contributed by atoms with E-state index in [9.17, 15) is 13.2 Å². The summed E-state index contributed by atoms with van der Waals surface area (Å²) in [7, 11) is -1.98. The van der Waals surface area contributed by atoms with E-state index < -0.39 is 10.0 Å². The number of hydrogen-bond acceptors (Lipinski definition) is 4. The molecule has 0 atom stereocenters. The Morgan fingerprint density at radius 2 is 1.81 bits per heavy atom. The summed E-state index contributed by atoms with van der Waals surface area (Å²) in [6.45, 7) is 3.95. The number of benzene rings is 2. The molecule has 0 saturated carbocycles. The summed E-state index contributed by atoms with van der Waals surface area (Å²) in [6, 6.07) is 12.5. The van der Waals surface area contributed by atoms with E-state index in [1.54, 1.807) is 30.3 Å². The van der Waals surface area contributed by atoms with Crippen LogP contribution in [0.3, 0.4) is 0 Å². The second kappa shape index (κ2) is 8.23. The summed E-state index contributed by atoms with van der Waals surface area (Å²) in [4.78, 5) is 12.3. The van der Waals surface area contributed by atoms with Gasteiger partial charge in [0.1, 0.15) is 5.75 Å². The lowest BCUT2D eigenvalue weighted by Gasteiger charge is -2.23. The highest BCUT2D eigenvalue weighted by atomic mass is 32.2. The molecule has 0 aromatic heterocycles. The highest BCUT2D eigenvalue weighted by Gasteiger charge is 2.19. The molecular formula is C19H24N2O4S. The van der Waals surface area contributed by atoms with Gasteiger partial charge in [0.25, 0.3) is 0 Å². The van der Waals surface area contributed by atoms with Gasteiger partial charge < -0.3 is 10.1 Å². The molecule has 1 N–H and O–H groups in total. The number of anilines is 2. The second-order valence-corrected chi connectivity index (χ2v) is 8.01. The van der Waals surface area contributed by atoms with Crippen LogP contribution < -0.4 is 14.4 Å². The summed E-state index contributed by atoms with van der Waals surface area (Å²) in [6.07, 6.45) is 1.17. The average Bonchev–Trinajstić information content (AvgIpc) is 2.57. The lowest BCUT2D eigenvalue weighted by Crippen LogP contribution is -2.33. The maximum Gasteiger partial charge on any atom is 0.232 e. The van der Waals surface area contributed by atoms with Crippen molar-refractivity contribution in [3.05, 3.63) is 53.6 Å². The highest BCUT2D eigenvalue weighted by Crippen LogP contribution is 2.24. The molecule has 26 heavy (non-hydrogen) atoms. The lowest BCUT2D eigenvalue weighted by atomic mass is 10.1. The van der Waals surface area contributed by atoms with Crippen molar-refractivity contribution in [1.29, 1.82) is 0 Å². The third-order valence-corrected chi connectivity index (χ3v) is 5.30. The molecule has 0 fully saturated rings. The van der Waals surface area contributed by atoms with Gasteiger partial charge in [-0.3, -0.25) is 9.10 Å². The number of para-hydroxylation sites is 2. The molecule has 2 aromatic rings. The largest absolute Gasteiger partial charge is 0.495 e. The highest BCUT2D eigenvalue weighted by molar-refractivity contribution is 7.92. The number of sulfonamides is 1. The predicted octanol–water partition coefficient (Wildman–Crippen LogP) is 3.11. The molecule has 0 aliphatic rings. The Balaban J connectivity index is 2.12. The van der Waals surface area contributed by atoms with Gasteiger partial charge in [0.2, 0.25) is 15.9 Å². The molecule has 7 heteroatoms.